The summed E-state index contributed by atoms with van der Waals surface area (Å²) in [6, 6.07) is 0. The van der Waals surface area contributed by atoms with Crippen LogP contribution in [0.4, 0.5) is 0 Å². The maximum atomic E-state index is 13.4. The molecular formula is C25H44O2. The smallest absolute Gasteiger partial charge is 0.312 e. The van der Waals surface area contributed by atoms with Gasteiger partial charge >= 0.3 is 5.97 Å². The number of carbonyl (C=O) groups is 1. The molecule has 0 aliphatic heterocycles. The molecule has 0 aromatic carbocycles. The predicted molar refractivity (Wildman–Crippen MR) is 113 cm³/mol. The zero-order valence-electron chi connectivity index (χ0n) is 18.2. The van der Waals surface area contributed by atoms with E-state index >= 15 is 0 Å². The molecule has 3 aliphatic carbocycles. The van der Waals surface area contributed by atoms with Crippen LogP contribution in [-0.2, 0) is 9.53 Å². The number of carbonyl (C=O) groups excluding carboxylic acids is 1. The molecule has 0 spiro atoms. The van der Waals surface area contributed by atoms with Gasteiger partial charge in [-0.2, -0.15) is 0 Å². The normalized spacial score (nSPS) is 32.1. The fourth-order valence-corrected chi connectivity index (χ4v) is 7.16. The van der Waals surface area contributed by atoms with E-state index in [4.69, 9.17) is 4.74 Å². The third-order valence-electron chi connectivity index (χ3n) is 8.58. The summed E-state index contributed by atoms with van der Waals surface area (Å²) in [5.41, 5.74) is 0.0477. The van der Waals surface area contributed by atoms with E-state index in [1.165, 1.54) is 89.9 Å². The summed E-state index contributed by atoms with van der Waals surface area (Å²) in [7, 11) is 0. The zero-order valence-corrected chi connectivity index (χ0v) is 18.2. The van der Waals surface area contributed by atoms with Crippen LogP contribution >= 0.6 is 0 Å². The maximum Gasteiger partial charge on any atom is 0.312 e. The van der Waals surface area contributed by atoms with Gasteiger partial charge in [0.25, 0.3) is 0 Å². The van der Waals surface area contributed by atoms with Crippen LogP contribution in [0.5, 0.6) is 0 Å². The van der Waals surface area contributed by atoms with E-state index in [1.807, 2.05) is 0 Å². The van der Waals surface area contributed by atoms with Gasteiger partial charge in [0.15, 0.2) is 0 Å². The molecule has 0 bridgehead atoms. The number of ether oxygens (including phenoxy) is 1. The molecule has 0 unspecified atom stereocenters. The van der Waals surface area contributed by atoms with Crippen LogP contribution < -0.4 is 0 Å². The van der Waals surface area contributed by atoms with Crippen LogP contribution in [0.25, 0.3) is 0 Å². The van der Waals surface area contributed by atoms with Crippen LogP contribution in [0.3, 0.4) is 0 Å². The average molecular weight is 377 g/mol. The zero-order chi connectivity index (χ0) is 19.2. The van der Waals surface area contributed by atoms with Gasteiger partial charge < -0.3 is 4.74 Å². The lowest BCUT2D eigenvalue weighted by Crippen LogP contribution is -2.52. The Hall–Kier alpha value is -0.530. The van der Waals surface area contributed by atoms with Crippen molar-refractivity contribution >= 4 is 5.97 Å². The molecule has 2 heteroatoms. The van der Waals surface area contributed by atoms with Gasteiger partial charge in [-0.1, -0.05) is 71.6 Å². The van der Waals surface area contributed by atoms with Crippen molar-refractivity contribution in [3.05, 3.63) is 0 Å². The SMILES string of the molecule is CCCOC(=O)C1(C2(CCC)CCC(C3CCCCC3)CC2)CCCCC1. The Morgan fingerprint density at radius 3 is 1.96 bits per heavy atom. The quantitative estimate of drug-likeness (QED) is 0.431. The molecule has 156 valence electrons. The minimum Gasteiger partial charge on any atom is -0.465 e. The summed E-state index contributed by atoms with van der Waals surface area (Å²) in [6.07, 6.45) is 21.9. The minimum absolute atomic E-state index is 0.173. The number of hydrogen-bond acceptors (Lipinski definition) is 2. The van der Waals surface area contributed by atoms with Crippen molar-refractivity contribution in [2.45, 2.75) is 123 Å². The highest BCUT2D eigenvalue weighted by Gasteiger charge is 2.57. The van der Waals surface area contributed by atoms with Gasteiger partial charge in [0.1, 0.15) is 0 Å². The molecule has 0 aromatic heterocycles. The van der Waals surface area contributed by atoms with E-state index in [-0.39, 0.29) is 16.8 Å². The van der Waals surface area contributed by atoms with E-state index in [2.05, 4.69) is 13.8 Å². The van der Waals surface area contributed by atoms with Crippen molar-refractivity contribution in [1.82, 2.24) is 0 Å². The molecule has 3 saturated carbocycles. The Labute approximate surface area is 168 Å². The molecule has 0 N–H and O–H groups in total. The Kier molecular flexibility index (Phi) is 7.68. The van der Waals surface area contributed by atoms with Gasteiger partial charge in [0.05, 0.1) is 12.0 Å². The second-order valence-electron chi connectivity index (χ2n) is 10.0. The maximum absolute atomic E-state index is 13.4. The summed E-state index contributed by atoms with van der Waals surface area (Å²) < 4.78 is 5.86. The van der Waals surface area contributed by atoms with Crippen molar-refractivity contribution in [1.29, 1.82) is 0 Å². The first-order valence-electron chi connectivity index (χ1n) is 12.3. The first kappa shape index (κ1) is 21.2. The Morgan fingerprint density at radius 1 is 0.778 bits per heavy atom. The average Bonchev–Trinajstić information content (AvgIpc) is 2.73. The van der Waals surface area contributed by atoms with Crippen molar-refractivity contribution in [3.63, 3.8) is 0 Å². The Morgan fingerprint density at radius 2 is 1.37 bits per heavy atom. The molecule has 0 heterocycles. The molecule has 27 heavy (non-hydrogen) atoms. The lowest BCUT2D eigenvalue weighted by molar-refractivity contribution is -0.175. The number of esters is 1. The van der Waals surface area contributed by atoms with Crippen molar-refractivity contribution in [2.24, 2.45) is 22.7 Å². The molecule has 3 rings (SSSR count). The molecule has 0 radical (unpaired) electrons. The summed E-state index contributed by atoms with van der Waals surface area (Å²) >= 11 is 0. The molecule has 0 saturated heterocycles. The second-order valence-corrected chi connectivity index (χ2v) is 10.0. The second kappa shape index (κ2) is 9.79. The third kappa shape index (κ3) is 4.40. The van der Waals surface area contributed by atoms with Gasteiger partial charge in [-0.25, -0.2) is 0 Å². The number of hydrogen-bond donors (Lipinski definition) is 0. The van der Waals surface area contributed by atoms with Crippen molar-refractivity contribution < 1.29 is 9.53 Å². The summed E-state index contributed by atoms with van der Waals surface area (Å²) in [4.78, 5) is 13.4. The number of rotatable bonds is 7. The third-order valence-corrected chi connectivity index (χ3v) is 8.58. The highest BCUT2D eigenvalue weighted by molar-refractivity contribution is 5.78. The van der Waals surface area contributed by atoms with E-state index in [9.17, 15) is 4.79 Å². The molecular weight excluding hydrogens is 332 g/mol. The molecule has 3 aliphatic rings. The largest absolute Gasteiger partial charge is 0.465 e. The van der Waals surface area contributed by atoms with Crippen molar-refractivity contribution in [2.75, 3.05) is 6.61 Å². The summed E-state index contributed by atoms with van der Waals surface area (Å²) in [5, 5.41) is 0. The topological polar surface area (TPSA) is 26.3 Å². The molecule has 0 amide bonds. The van der Waals surface area contributed by atoms with Gasteiger partial charge in [0.2, 0.25) is 0 Å². The van der Waals surface area contributed by atoms with Crippen LogP contribution in [0.2, 0.25) is 0 Å². The van der Waals surface area contributed by atoms with E-state index in [0.717, 1.165) is 31.1 Å². The molecule has 3 fully saturated rings. The highest BCUT2D eigenvalue weighted by atomic mass is 16.5. The van der Waals surface area contributed by atoms with E-state index in [0.29, 0.717) is 6.61 Å². The van der Waals surface area contributed by atoms with Gasteiger partial charge in [-0.3, -0.25) is 4.79 Å². The van der Waals surface area contributed by atoms with Crippen molar-refractivity contribution in [3.8, 4) is 0 Å². The standard InChI is InChI=1S/C25H44O2/c1-3-15-24(18-13-22(14-19-24)21-11-7-5-8-12-21)25(16-9-6-10-17-25)23(26)27-20-4-2/h21-22H,3-20H2,1-2H3. The highest BCUT2D eigenvalue weighted by Crippen LogP contribution is 2.61. The van der Waals surface area contributed by atoms with Gasteiger partial charge in [-0.05, 0) is 68.6 Å². The van der Waals surface area contributed by atoms with Crippen LogP contribution in [0, 0.1) is 22.7 Å². The summed E-state index contributed by atoms with van der Waals surface area (Å²) in [5.74, 6) is 2.09. The first-order chi connectivity index (χ1) is 13.2. The lowest BCUT2D eigenvalue weighted by atomic mass is 9.49. The van der Waals surface area contributed by atoms with Crippen LogP contribution in [-0.4, -0.2) is 12.6 Å². The minimum atomic E-state index is -0.173. The summed E-state index contributed by atoms with van der Waals surface area (Å²) in [6.45, 7) is 5.04. The predicted octanol–water partition coefficient (Wildman–Crippen LogP) is 7.45. The molecule has 0 atom stereocenters. The first-order valence-corrected chi connectivity index (χ1v) is 12.3. The van der Waals surface area contributed by atoms with Crippen LogP contribution in [0.1, 0.15) is 123 Å². The van der Waals surface area contributed by atoms with E-state index < -0.39 is 0 Å². The Bertz CT molecular complexity index is 449. The molecule has 0 aromatic rings. The lowest BCUT2D eigenvalue weighted by Gasteiger charge is -2.55. The van der Waals surface area contributed by atoms with Gasteiger partial charge in [0, 0.05) is 0 Å². The Balaban J connectivity index is 1.77. The molecule has 2 nitrogen and oxygen atoms in total. The fraction of sp³-hybridized carbons (Fsp3) is 0.960. The van der Waals surface area contributed by atoms with Crippen LogP contribution in [0.15, 0.2) is 0 Å². The monoisotopic (exact) mass is 376 g/mol. The van der Waals surface area contributed by atoms with E-state index in [1.54, 1.807) is 0 Å². The van der Waals surface area contributed by atoms with Gasteiger partial charge in [-0.15, -0.1) is 0 Å². The fourth-order valence-electron chi connectivity index (χ4n) is 7.16.